The molecule has 4 aromatic rings. The minimum atomic E-state index is -0.369. The molecule has 3 N–H and O–H groups in total. The molecule has 9 nitrogen and oxygen atoms in total. The minimum absolute atomic E-state index is 0.0639. The summed E-state index contributed by atoms with van der Waals surface area (Å²) in [7, 11) is 1.60. The zero-order valence-corrected chi connectivity index (χ0v) is 17.3. The van der Waals surface area contributed by atoms with E-state index in [9.17, 15) is 9.59 Å². The first-order valence-corrected chi connectivity index (χ1v) is 9.91. The highest BCUT2D eigenvalue weighted by Crippen LogP contribution is 2.28. The van der Waals surface area contributed by atoms with Crippen LogP contribution in [0.25, 0.3) is 10.8 Å². The van der Waals surface area contributed by atoms with E-state index in [2.05, 4.69) is 20.7 Å². The third-order valence-corrected chi connectivity index (χ3v) is 4.76. The van der Waals surface area contributed by atoms with Gasteiger partial charge in [0.2, 0.25) is 0 Å². The summed E-state index contributed by atoms with van der Waals surface area (Å²) in [5.41, 5.74) is 0.945. The van der Waals surface area contributed by atoms with Crippen molar-refractivity contribution in [1.82, 2.24) is 20.1 Å². The number of fused-ring (bicyclic) bond motifs is 1. The zero-order chi connectivity index (χ0) is 22.5. The van der Waals surface area contributed by atoms with Crippen molar-refractivity contribution in [2.45, 2.75) is 6.54 Å². The van der Waals surface area contributed by atoms with Crippen LogP contribution in [0.15, 0.2) is 67.1 Å². The monoisotopic (exact) mass is 431 g/mol. The molecule has 0 radical (unpaired) electrons. The molecule has 0 aliphatic carbocycles. The Balaban J connectivity index is 1.50. The smallest absolute Gasteiger partial charge is 0.260 e. The largest absolute Gasteiger partial charge is 0.457 e. The van der Waals surface area contributed by atoms with Gasteiger partial charge in [-0.05, 0) is 41.1 Å². The van der Waals surface area contributed by atoms with E-state index in [4.69, 9.17) is 9.84 Å². The van der Waals surface area contributed by atoms with Gasteiger partial charge in [0.1, 0.15) is 17.3 Å². The predicted molar refractivity (Wildman–Crippen MR) is 119 cm³/mol. The fourth-order valence-corrected chi connectivity index (χ4v) is 3.23. The Bertz CT molecular complexity index is 1280. The number of amides is 2. The standard InChI is InChI=1S/C23H21N5O4/c1-24-23(31)20-4-2-3-15-11-17(5-6-19(15)20)32-18-7-8-25-21(12-18)27-22(30)16-13-26-28(14-16)9-10-29/h2-8,11-14,29H,9-10H2,1H3,(H,24,31)(H,25,27,30). The van der Waals surface area contributed by atoms with Crippen molar-refractivity contribution in [1.29, 1.82) is 0 Å². The van der Waals surface area contributed by atoms with Crippen LogP contribution < -0.4 is 15.4 Å². The van der Waals surface area contributed by atoms with Crippen molar-refractivity contribution in [3.63, 3.8) is 0 Å². The molecule has 0 aliphatic rings. The number of carbonyl (C=O) groups is 2. The number of aromatic nitrogens is 3. The molecule has 2 heterocycles. The van der Waals surface area contributed by atoms with Gasteiger partial charge >= 0.3 is 0 Å². The lowest BCUT2D eigenvalue weighted by atomic mass is 10.0. The molecule has 0 unspecified atom stereocenters. The highest BCUT2D eigenvalue weighted by Gasteiger charge is 2.12. The van der Waals surface area contributed by atoms with E-state index in [1.165, 1.54) is 17.1 Å². The van der Waals surface area contributed by atoms with Crippen molar-refractivity contribution < 1.29 is 19.4 Å². The van der Waals surface area contributed by atoms with Crippen LogP contribution in [0.5, 0.6) is 11.5 Å². The summed E-state index contributed by atoms with van der Waals surface area (Å²) < 4.78 is 7.42. The van der Waals surface area contributed by atoms with Gasteiger partial charge in [0.25, 0.3) is 11.8 Å². The van der Waals surface area contributed by atoms with E-state index >= 15 is 0 Å². The van der Waals surface area contributed by atoms with Gasteiger partial charge in [0.05, 0.1) is 24.9 Å². The minimum Gasteiger partial charge on any atom is -0.457 e. The highest BCUT2D eigenvalue weighted by atomic mass is 16.5. The number of nitrogens with one attached hydrogen (secondary N) is 2. The molecule has 0 aliphatic heterocycles. The van der Waals surface area contributed by atoms with Gasteiger partial charge in [-0.3, -0.25) is 14.3 Å². The molecule has 0 atom stereocenters. The molecule has 2 amide bonds. The summed E-state index contributed by atoms with van der Waals surface area (Å²) in [5, 5.41) is 20.0. The fraction of sp³-hybridized carbons (Fsp3) is 0.130. The van der Waals surface area contributed by atoms with Gasteiger partial charge in [-0.1, -0.05) is 12.1 Å². The second kappa shape index (κ2) is 9.27. The Hall–Kier alpha value is -4.24. The van der Waals surface area contributed by atoms with Crippen molar-refractivity contribution in [3.05, 3.63) is 78.2 Å². The van der Waals surface area contributed by atoms with E-state index in [0.29, 0.717) is 35.0 Å². The maximum atomic E-state index is 12.4. The quantitative estimate of drug-likeness (QED) is 0.414. The molecular formula is C23H21N5O4. The van der Waals surface area contributed by atoms with Crippen LogP contribution in [0, 0.1) is 0 Å². The Morgan fingerprint density at radius 1 is 1.09 bits per heavy atom. The Morgan fingerprint density at radius 2 is 1.94 bits per heavy atom. The van der Waals surface area contributed by atoms with E-state index in [1.807, 2.05) is 24.3 Å². The number of benzene rings is 2. The number of ether oxygens (including phenoxy) is 1. The van der Waals surface area contributed by atoms with Crippen molar-refractivity contribution in [2.24, 2.45) is 0 Å². The number of hydrogen-bond acceptors (Lipinski definition) is 6. The Kier molecular flexibility index (Phi) is 6.09. The van der Waals surface area contributed by atoms with Gasteiger partial charge in [0, 0.05) is 31.1 Å². The van der Waals surface area contributed by atoms with E-state index in [-0.39, 0.29) is 18.4 Å². The summed E-state index contributed by atoms with van der Waals surface area (Å²) in [6.07, 6.45) is 4.51. The van der Waals surface area contributed by atoms with E-state index in [0.717, 1.165) is 10.8 Å². The van der Waals surface area contributed by atoms with Crippen LogP contribution in [0.3, 0.4) is 0 Å². The second-order valence-electron chi connectivity index (χ2n) is 6.92. The van der Waals surface area contributed by atoms with Crippen LogP contribution in [0.4, 0.5) is 5.82 Å². The van der Waals surface area contributed by atoms with Gasteiger partial charge < -0.3 is 20.5 Å². The Morgan fingerprint density at radius 3 is 2.75 bits per heavy atom. The van der Waals surface area contributed by atoms with Crippen molar-refractivity contribution in [2.75, 3.05) is 19.0 Å². The lowest BCUT2D eigenvalue weighted by Crippen LogP contribution is -2.17. The van der Waals surface area contributed by atoms with Gasteiger partial charge in [-0.25, -0.2) is 4.98 Å². The number of rotatable bonds is 7. The molecule has 9 heteroatoms. The number of carbonyl (C=O) groups excluding carboxylic acids is 2. The summed E-state index contributed by atoms with van der Waals surface area (Å²) in [4.78, 5) is 28.6. The molecular weight excluding hydrogens is 410 g/mol. The first kappa shape index (κ1) is 21.0. The first-order chi connectivity index (χ1) is 15.6. The van der Waals surface area contributed by atoms with Gasteiger partial charge in [-0.2, -0.15) is 5.10 Å². The first-order valence-electron chi connectivity index (χ1n) is 9.91. The van der Waals surface area contributed by atoms with Crippen molar-refractivity contribution >= 4 is 28.4 Å². The highest BCUT2D eigenvalue weighted by molar-refractivity contribution is 6.07. The number of anilines is 1. The lowest BCUT2D eigenvalue weighted by Gasteiger charge is -2.10. The average molecular weight is 431 g/mol. The maximum Gasteiger partial charge on any atom is 0.260 e. The van der Waals surface area contributed by atoms with E-state index < -0.39 is 0 Å². The molecule has 0 fully saturated rings. The van der Waals surface area contributed by atoms with Crippen LogP contribution in [-0.2, 0) is 6.54 Å². The maximum absolute atomic E-state index is 12.4. The number of pyridine rings is 1. The van der Waals surface area contributed by atoms with Crippen molar-refractivity contribution in [3.8, 4) is 11.5 Å². The molecule has 0 spiro atoms. The molecule has 2 aromatic heterocycles. The molecule has 162 valence electrons. The normalized spacial score (nSPS) is 10.7. The summed E-state index contributed by atoms with van der Waals surface area (Å²) in [6.45, 7) is 0.247. The SMILES string of the molecule is CNC(=O)c1cccc2cc(Oc3ccnc(NC(=O)c4cnn(CCO)c4)c3)ccc12. The number of aliphatic hydroxyl groups is 1. The average Bonchev–Trinajstić information content (AvgIpc) is 3.27. The molecule has 0 bridgehead atoms. The third-order valence-electron chi connectivity index (χ3n) is 4.76. The summed E-state index contributed by atoms with van der Waals surface area (Å²) in [5.74, 6) is 0.880. The number of aliphatic hydroxyl groups excluding tert-OH is 1. The topological polar surface area (TPSA) is 118 Å². The molecule has 0 saturated heterocycles. The lowest BCUT2D eigenvalue weighted by molar-refractivity contribution is 0.0963. The Labute approximate surface area is 183 Å². The molecule has 0 saturated carbocycles. The molecule has 2 aromatic carbocycles. The van der Waals surface area contributed by atoms with Crippen LogP contribution >= 0.6 is 0 Å². The van der Waals surface area contributed by atoms with Crippen LogP contribution in [0.1, 0.15) is 20.7 Å². The third kappa shape index (κ3) is 4.57. The van der Waals surface area contributed by atoms with E-state index in [1.54, 1.807) is 37.5 Å². The molecule has 4 rings (SSSR count). The van der Waals surface area contributed by atoms with Crippen LogP contribution in [0.2, 0.25) is 0 Å². The second-order valence-corrected chi connectivity index (χ2v) is 6.92. The number of hydrogen-bond donors (Lipinski definition) is 3. The van der Waals surface area contributed by atoms with Gasteiger partial charge in [0.15, 0.2) is 0 Å². The van der Waals surface area contributed by atoms with Crippen LogP contribution in [-0.4, -0.2) is 45.3 Å². The molecule has 32 heavy (non-hydrogen) atoms. The zero-order valence-electron chi connectivity index (χ0n) is 17.3. The summed E-state index contributed by atoms with van der Waals surface area (Å²) >= 11 is 0. The summed E-state index contributed by atoms with van der Waals surface area (Å²) in [6, 6.07) is 14.2. The predicted octanol–water partition coefficient (Wildman–Crippen LogP) is 2.83. The number of nitrogens with zero attached hydrogens (tertiary/aromatic N) is 3. The fourth-order valence-electron chi connectivity index (χ4n) is 3.23. The van der Waals surface area contributed by atoms with Gasteiger partial charge in [-0.15, -0.1) is 0 Å².